The standard InChI is InChI=1S/C22H20F3N3O4/c23-22(24,25)32-17-8-4-1-5-13(17)11-26-18(29)12-27-20(30)19-15-6-2-3-7-16(15)21(31)28(19)14-9-10-14/h1-8,14,19H,9-12H2,(H,26,29)(H,27,30). The van der Waals surface area contributed by atoms with Crippen LogP contribution >= 0.6 is 0 Å². The van der Waals surface area contributed by atoms with Crippen molar-refractivity contribution in [2.45, 2.75) is 37.8 Å². The van der Waals surface area contributed by atoms with Crippen LogP contribution in [-0.2, 0) is 16.1 Å². The van der Waals surface area contributed by atoms with Crippen LogP contribution in [0, 0.1) is 0 Å². The van der Waals surface area contributed by atoms with E-state index in [1.165, 1.54) is 18.2 Å². The Labute approximate surface area is 181 Å². The molecule has 2 aromatic carbocycles. The molecule has 0 radical (unpaired) electrons. The first-order valence-electron chi connectivity index (χ1n) is 10.0. The van der Waals surface area contributed by atoms with Crippen molar-refractivity contribution in [1.29, 1.82) is 0 Å². The summed E-state index contributed by atoms with van der Waals surface area (Å²) >= 11 is 0. The molecule has 1 aliphatic heterocycles. The third kappa shape index (κ3) is 4.68. The zero-order valence-electron chi connectivity index (χ0n) is 16.8. The molecule has 0 aromatic heterocycles. The second kappa shape index (κ2) is 8.52. The van der Waals surface area contributed by atoms with Gasteiger partial charge in [-0.3, -0.25) is 14.4 Å². The van der Waals surface area contributed by atoms with Gasteiger partial charge in [0.1, 0.15) is 11.8 Å². The fourth-order valence-electron chi connectivity index (χ4n) is 3.73. The van der Waals surface area contributed by atoms with Gasteiger partial charge >= 0.3 is 6.36 Å². The van der Waals surface area contributed by atoms with Crippen LogP contribution in [0.1, 0.15) is 40.4 Å². The number of amides is 3. The minimum atomic E-state index is -4.85. The quantitative estimate of drug-likeness (QED) is 0.683. The van der Waals surface area contributed by atoms with Crippen LogP contribution in [0.5, 0.6) is 5.75 Å². The van der Waals surface area contributed by atoms with Crippen LogP contribution < -0.4 is 15.4 Å². The van der Waals surface area contributed by atoms with Gasteiger partial charge in [-0.25, -0.2) is 0 Å². The molecular weight excluding hydrogens is 427 g/mol. The lowest BCUT2D eigenvalue weighted by Crippen LogP contribution is -2.43. The topological polar surface area (TPSA) is 87.7 Å². The molecule has 2 N–H and O–H groups in total. The van der Waals surface area contributed by atoms with E-state index < -0.39 is 30.0 Å². The molecule has 1 heterocycles. The number of nitrogens with zero attached hydrogens (tertiary/aromatic N) is 1. The van der Waals surface area contributed by atoms with Gasteiger partial charge in [-0.2, -0.15) is 0 Å². The Hall–Kier alpha value is -3.56. The molecule has 1 saturated carbocycles. The fourth-order valence-corrected chi connectivity index (χ4v) is 3.73. The molecule has 7 nitrogen and oxygen atoms in total. The molecule has 1 aliphatic carbocycles. The summed E-state index contributed by atoms with van der Waals surface area (Å²) in [5, 5.41) is 5.00. The number of nitrogens with one attached hydrogen (secondary N) is 2. The second-order valence-electron chi connectivity index (χ2n) is 7.58. The summed E-state index contributed by atoms with van der Waals surface area (Å²) in [5.74, 6) is -1.68. The maximum Gasteiger partial charge on any atom is 0.573 e. The van der Waals surface area contributed by atoms with Crippen LogP contribution in [0.2, 0.25) is 0 Å². The van der Waals surface area contributed by atoms with Gasteiger partial charge in [0.25, 0.3) is 5.91 Å². The number of rotatable bonds is 7. The van der Waals surface area contributed by atoms with E-state index in [4.69, 9.17) is 0 Å². The number of hydrogen-bond donors (Lipinski definition) is 2. The van der Waals surface area contributed by atoms with E-state index in [0.717, 1.165) is 18.9 Å². The highest BCUT2D eigenvalue weighted by Gasteiger charge is 2.47. The first kappa shape index (κ1) is 21.7. The summed E-state index contributed by atoms with van der Waals surface area (Å²) in [4.78, 5) is 39.3. The number of carbonyl (C=O) groups excluding carboxylic acids is 3. The average Bonchev–Trinajstić information content (AvgIpc) is 3.54. The number of benzene rings is 2. The normalized spacial score (nSPS) is 17.7. The average molecular weight is 447 g/mol. The van der Waals surface area contributed by atoms with Gasteiger partial charge in [0.05, 0.1) is 6.54 Å². The minimum absolute atomic E-state index is 0.00427. The van der Waals surface area contributed by atoms with Crippen molar-refractivity contribution in [3.63, 3.8) is 0 Å². The Morgan fingerprint density at radius 2 is 1.72 bits per heavy atom. The fraction of sp³-hybridized carbons (Fsp3) is 0.318. The molecule has 1 atom stereocenters. The number of halogens is 3. The largest absolute Gasteiger partial charge is 0.573 e. The molecule has 0 spiro atoms. The van der Waals surface area contributed by atoms with Gasteiger partial charge in [-0.15, -0.1) is 13.2 Å². The van der Waals surface area contributed by atoms with Crippen LogP contribution in [0.15, 0.2) is 48.5 Å². The number of ether oxygens (including phenoxy) is 1. The Bertz CT molecular complexity index is 1050. The molecule has 2 aromatic rings. The van der Waals surface area contributed by atoms with Gasteiger partial charge in [0, 0.05) is 23.7 Å². The lowest BCUT2D eigenvalue weighted by Gasteiger charge is -2.24. The second-order valence-corrected chi connectivity index (χ2v) is 7.58. The molecule has 0 bridgehead atoms. The summed E-state index contributed by atoms with van der Waals surface area (Å²) in [6.45, 7) is -0.591. The summed E-state index contributed by atoms with van der Waals surface area (Å²) in [6.07, 6.45) is -3.21. The number of para-hydroxylation sites is 1. The molecule has 1 unspecified atom stereocenters. The van der Waals surface area contributed by atoms with E-state index >= 15 is 0 Å². The summed E-state index contributed by atoms with van der Waals surface area (Å²) in [6, 6.07) is 11.5. The lowest BCUT2D eigenvalue weighted by molar-refractivity contribution is -0.274. The maximum atomic E-state index is 12.9. The van der Waals surface area contributed by atoms with Gasteiger partial charge in [0.15, 0.2) is 0 Å². The third-order valence-corrected chi connectivity index (χ3v) is 5.28. The monoisotopic (exact) mass is 447 g/mol. The van der Waals surface area contributed by atoms with Crippen LogP contribution in [0.25, 0.3) is 0 Å². The van der Waals surface area contributed by atoms with Crippen molar-refractivity contribution in [2.24, 2.45) is 0 Å². The highest BCUT2D eigenvalue weighted by Crippen LogP contribution is 2.41. The molecule has 10 heteroatoms. The number of carbonyl (C=O) groups is 3. The van der Waals surface area contributed by atoms with Crippen LogP contribution in [-0.4, -0.2) is 41.6 Å². The predicted octanol–water partition coefficient (Wildman–Crippen LogP) is 2.68. The SMILES string of the molecule is O=C(CNC(=O)C1c2ccccc2C(=O)N1C1CC1)NCc1ccccc1OC(F)(F)F. The van der Waals surface area contributed by atoms with Gasteiger partial charge in [0.2, 0.25) is 11.8 Å². The Morgan fingerprint density at radius 1 is 1.03 bits per heavy atom. The first-order valence-corrected chi connectivity index (χ1v) is 10.0. The highest BCUT2D eigenvalue weighted by molar-refractivity contribution is 6.05. The molecule has 2 aliphatic rings. The van der Waals surface area contributed by atoms with Crippen molar-refractivity contribution in [3.8, 4) is 5.75 Å². The number of hydrogen-bond acceptors (Lipinski definition) is 4. The van der Waals surface area contributed by atoms with Crippen molar-refractivity contribution >= 4 is 17.7 Å². The molecule has 1 fully saturated rings. The smallest absolute Gasteiger partial charge is 0.405 e. The van der Waals surface area contributed by atoms with Crippen LogP contribution in [0.4, 0.5) is 13.2 Å². The minimum Gasteiger partial charge on any atom is -0.405 e. The number of alkyl halides is 3. The summed E-state index contributed by atoms with van der Waals surface area (Å²) in [5.41, 5.74) is 1.21. The van der Waals surface area contributed by atoms with Gasteiger partial charge < -0.3 is 20.3 Å². The van der Waals surface area contributed by atoms with Crippen LogP contribution in [0.3, 0.4) is 0 Å². The highest BCUT2D eigenvalue weighted by atomic mass is 19.4. The van der Waals surface area contributed by atoms with Crippen molar-refractivity contribution < 1.29 is 32.3 Å². The van der Waals surface area contributed by atoms with E-state index in [1.807, 2.05) is 0 Å². The molecule has 3 amide bonds. The Kier molecular flexibility index (Phi) is 5.77. The van der Waals surface area contributed by atoms with Gasteiger partial charge in [-0.1, -0.05) is 36.4 Å². The molecule has 0 saturated heterocycles. The summed E-state index contributed by atoms with van der Waals surface area (Å²) in [7, 11) is 0. The zero-order valence-corrected chi connectivity index (χ0v) is 16.8. The number of fused-ring (bicyclic) bond motifs is 1. The molecule has 4 rings (SSSR count). The lowest BCUT2D eigenvalue weighted by atomic mass is 10.0. The summed E-state index contributed by atoms with van der Waals surface area (Å²) < 4.78 is 41.5. The third-order valence-electron chi connectivity index (χ3n) is 5.28. The van der Waals surface area contributed by atoms with Crippen molar-refractivity contribution in [2.75, 3.05) is 6.54 Å². The van der Waals surface area contributed by atoms with E-state index in [-0.39, 0.29) is 30.6 Å². The maximum absolute atomic E-state index is 12.9. The van der Waals surface area contributed by atoms with E-state index in [2.05, 4.69) is 15.4 Å². The molecular formula is C22H20F3N3O4. The van der Waals surface area contributed by atoms with E-state index in [1.54, 1.807) is 29.2 Å². The Balaban J connectivity index is 1.36. The van der Waals surface area contributed by atoms with E-state index in [0.29, 0.717) is 11.1 Å². The zero-order chi connectivity index (χ0) is 22.9. The predicted molar refractivity (Wildman–Crippen MR) is 106 cm³/mol. The van der Waals surface area contributed by atoms with E-state index in [9.17, 15) is 27.6 Å². The first-order chi connectivity index (χ1) is 15.2. The van der Waals surface area contributed by atoms with Crippen molar-refractivity contribution in [1.82, 2.24) is 15.5 Å². The molecule has 32 heavy (non-hydrogen) atoms. The molecule has 168 valence electrons. The Morgan fingerprint density at radius 3 is 2.44 bits per heavy atom. The van der Waals surface area contributed by atoms with Gasteiger partial charge in [-0.05, 0) is 30.5 Å². The van der Waals surface area contributed by atoms with Crippen molar-refractivity contribution in [3.05, 3.63) is 65.2 Å².